The minimum Gasteiger partial charge on any atom is -0.453 e. The third kappa shape index (κ3) is 4.73. The molecule has 12 heteroatoms. The van der Waals surface area contributed by atoms with Gasteiger partial charge in [-0.25, -0.2) is 9.37 Å². The van der Waals surface area contributed by atoms with Crippen molar-refractivity contribution in [3.63, 3.8) is 0 Å². The summed E-state index contributed by atoms with van der Waals surface area (Å²) in [7, 11) is -2.58. The van der Waals surface area contributed by atoms with Crippen LogP contribution in [0, 0.1) is 22.6 Å². The van der Waals surface area contributed by atoms with Gasteiger partial charge in [0.15, 0.2) is 11.6 Å². The van der Waals surface area contributed by atoms with E-state index >= 15 is 0 Å². The Morgan fingerprint density at radius 1 is 1.29 bits per heavy atom. The quantitative estimate of drug-likeness (QED) is 0.469. The molecule has 2 fully saturated rings. The number of ether oxygens (including phenoxy) is 1. The lowest BCUT2D eigenvalue weighted by atomic mass is 9.60. The van der Waals surface area contributed by atoms with E-state index in [9.17, 15) is 22.9 Å². The fraction of sp³-hybridized carbons (Fsp3) is 0.423. The summed E-state index contributed by atoms with van der Waals surface area (Å²) in [5.41, 5.74) is 0.118. The van der Waals surface area contributed by atoms with Crippen LogP contribution in [0.3, 0.4) is 0 Å². The molecule has 1 aliphatic heterocycles. The Balaban J connectivity index is 1.45. The zero-order valence-electron chi connectivity index (χ0n) is 21.2. The van der Waals surface area contributed by atoms with E-state index in [0.29, 0.717) is 16.3 Å². The molecule has 1 saturated carbocycles. The van der Waals surface area contributed by atoms with Crippen LogP contribution in [0.1, 0.15) is 44.2 Å². The van der Waals surface area contributed by atoms with Gasteiger partial charge in [-0.15, -0.1) is 0 Å². The lowest BCUT2D eigenvalue weighted by molar-refractivity contribution is 0.0270. The van der Waals surface area contributed by atoms with E-state index in [4.69, 9.17) is 4.74 Å². The molecule has 10 nitrogen and oxygen atoms in total. The second kappa shape index (κ2) is 9.98. The fourth-order valence-corrected chi connectivity index (χ4v) is 6.24. The summed E-state index contributed by atoms with van der Waals surface area (Å²) >= 11 is 0. The van der Waals surface area contributed by atoms with Gasteiger partial charge in [0, 0.05) is 19.6 Å². The Morgan fingerprint density at radius 2 is 2.03 bits per heavy atom. The number of fused-ring (bicyclic) bond motifs is 1. The maximum atomic E-state index is 14.8. The van der Waals surface area contributed by atoms with Crippen molar-refractivity contribution in [2.75, 3.05) is 31.4 Å². The first-order valence-electron chi connectivity index (χ1n) is 12.5. The van der Waals surface area contributed by atoms with E-state index in [-0.39, 0.29) is 35.1 Å². The molecule has 1 aliphatic carbocycles. The van der Waals surface area contributed by atoms with Gasteiger partial charge in [-0.2, -0.15) is 18.0 Å². The molecule has 0 atom stereocenters. The summed E-state index contributed by atoms with van der Waals surface area (Å²) in [6, 6.07) is 8.68. The molecular weight excluding hydrogens is 511 g/mol. The van der Waals surface area contributed by atoms with Crippen molar-refractivity contribution in [1.82, 2.24) is 19.2 Å². The molecule has 1 spiro atoms. The molecule has 2 heterocycles. The molecular formula is C26H29FN6O4S. The maximum absolute atomic E-state index is 14.8. The lowest BCUT2D eigenvalue weighted by Crippen LogP contribution is -2.47. The van der Waals surface area contributed by atoms with Gasteiger partial charge >= 0.3 is 10.2 Å². The molecule has 0 bridgehead atoms. The molecule has 1 aromatic heterocycles. The summed E-state index contributed by atoms with van der Waals surface area (Å²) in [6.45, 7) is 3.85. The normalized spacial score (nSPS) is 17.3. The largest absolute Gasteiger partial charge is 0.453 e. The number of halogens is 1. The van der Waals surface area contributed by atoms with E-state index in [2.05, 4.69) is 15.0 Å². The van der Waals surface area contributed by atoms with E-state index < -0.39 is 21.8 Å². The van der Waals surface area contributed by atoms with Gasteiger partial charge in [0.05, 0.1) is 22.9 Å². The molecule has 0 amide bonds. The third-order valence-corrected chi connectivity index (χ3v) is 9.24. The Hall–Kier alpha value is -3.53. The van der Waals surface area contributed by atoms with Crippen molar-refractivity contribution < 1.29 is 17.5 Å². The zero-order valence-corrected chi connectivity index (χ0v) is 22.0. The molecule has 5 rings (SSSR count). The summed E-state index contributed by atoms with van der Waals surface area (Å²) < 4.78 is 50.5. The first-order valence-corrected chi connectivity index (χ1v) is 14.0. The van der Waals surface area contributed by atoms with E-state index in [1.807, 2.05) is 6.07 Å². The number of piperidine rings is 1. The van der Waals surface area contributed by atoms with Crippen molar-refractivity contribution in [3.8, 4) is 17.6 Å². The zero-order chi connectivity index (χ0) is 27.1. The Kier molecular flexibility index (Phi) is 6.85. The number of hydrogen-bond acceptors (Lipinski definition) is 7. The highest BCUT2D eigenvalue weighted by molar-refractivity contribution is 7.90. The molecule has 200 valence electrons. The standard InChI is InChI=1S/C26H29FN6O4S/c1-3-32(2)38(35,36)31-23-7-5-21(27)24(20(23)15-28)37-18-4-6-22-19(12-18)25(34)33(16-30-22)17-13-26(14-17)8-10-29-11-9-26/h4-7,12,16-17,29,31H,3,8-11,13-14H2,1-2H3. The average Bonchev–Trinajstić information content (AvgIpc) is 2.89. The summed E-state index contributed by atoms with van der Waals surface area (Å²) in [4.78, 5) is 17.8. The number of anilines is 1. The number of nitrogens with one attached hydrogen (secondary N) is 2. The number of rotatable bonds is 7. The fourth-order valence-electron chi connectivity index (χ4n) is 5.30. The third-order valence-electron chi connectivity index (χ3n) is 7.68. The topological polar surface area (TPSA) is 129 Å². The Morgan fingerprint density at radius 3 is 2.71 bits per heavy atom. The predicted molar refractivity (Wildman–Crippen MR) is 141 cm³/mol. The minimum absolute atomic E-state index is 0.0793. The molecule has 0 radical (unpaired) electrons. The molecule has 2 aromatic carbocycles. The van der Waals surface area contributed by atoms with E-state index in [1.54, 1.807) is 23.9 Å². The van der Waals surface area contributed by atoms with Gasteiger partial charge in [0.25, 0.3) is 5.56 Å². The van der Waals surface area contributed by atoms with Crippen LogP contribution in [0.25, 0.3) is 10.9 Å². The van der Waals surface area contributed by atoms with Crippen LogP contribution in [0.5, 0.6) is 11.5 Å². The lowest BCUT2D eigenvalue weighted by Gasteiger charge is -2.50. The number of benzene rings is 2. The van der Waals surface area contributed by atoms with Gasteiger partial charge < -0.3 is 10.1 Å². The monoisotopic (exact) mass is 540 g/mol. The minimum atomic E-state index is -3.95. The van der Waals surface area contributed by atoms with Crippen molar-refractivity contribution in [1.29, 1.82) is 5.26 Å². The second-order valence-corrected chi connectivity index (χ2v) is 11.8. The predicted octanol–water partition coefficient (Wildman–Crippen LogP) is 3.51. The molecule has 38 heavy (non-hydrogen) atoms. The smallest absolute Gasteiger partial charge is 0.301 e. The summed E-state index contributed by atoms with van der Waals surface area (Å²) in [5.74, 6) is -1.17. The highest BCUT2D eigenvalue weighted by Crippen LogP contribution is 2.53. The van der Waals surface area contributed by atoms with Crippen molar-refractivity contribution in [2.45, 2.75) is 38.6 Å². The SMILES string of the molecule is CCN(C)S(=O)(=O)Nc1ccc(F)c(Oc2ccc3ncn(C4CC5(CCNCC5)C4)c(=O)c3c2)c1C#N. The van der Waals surface area contributed by atoms with E-state index in [0.717, 1.165) is 49.1 Å². The first-order chi connectivity index (χ1) is 18.2. The van der Waals surface area contributed by atoms with Crippen molar-refractivity contribution >= 4 is 26.8 Å². The number of nitriles is 1. The van der Waals surface area contributed by atoms with Crippen LogP contribution >= 0.6 is 0 Å². The van der Waals surface area contributed by atoms with Gasteiger partial charge in [0.1, 0.15) is 17.4 Å². The average molecular weight is 541 g/mol. The van der Waals surface area contributed by atoms with Crippen LogP contribution in [0.4, 0.5) is 10.1 Å². The van der Waals surface area contributed by atoms with Crippen LogP contribution < -0.4 is 20.3 Å². The number of aromatic nitrogens is 2. The summed E-state index contributed by atoms with van der Waals surface area (Å²) in [5, 5.41) is 13.4. The van der Waals surface area contributed by atoms with Gasteiger partial charge in [0.2, 0.25) is 0 Å². The van der Waals surface area contributed by atoms with Gasteiger partial charge in [-0.1, -0.05) is 6.92 Å². The highest BCUT2D eigenvalue weighted by atomic mass is 32.2. The molecule has 3 aromatic rings. The van der Waals surface area contributed by atoms with Gasteiger partial charge in [-0.05, 0) is 74.5 Å². The van der Waals surface area contributed by atoms with Crippen molar-refractivity contribution in [2.24, 2.45) is 5.41 Å². The second-order valence-electron chi connectivity index (χ2n) is 9.98. The molecule has 0 unspecified atom stereocenters. The maximum Gasteiger partial charge on any atom is 0.301 e. The van der Waals surface area contributed by atoms with Crippen LogP contribution in [-0.4, -0.2) is 49.0 Å². The van der Waals surface area contributed by atoms with Crippen LogP contribution in [0.2, 0.25) is 0 Å². The number of nitrogens with zero attached hydrogens (tertiary/aromatic N) is 4. The molecule has 1 saturated heterocycles. The Bertz CT molecular complexity index is 1590. The molecule has 2 N–H and O–H groups in total. The Labute approximate surface area is 220 Å². The highest BCUT2D eigenvalue weighted by Gasteiger charge is 2.45. The first kappa shape index (κ1) is 26.1. The van der Waals surface area contributed by atoms with Gasteiger partial charge in [-0.3, -0.25) is 14.1 Å². The summed E-state index contributed by atoms with van der Waals surface area (Å²) in [6.07, 6.45) is 5.66. The van der Waals surface area contributed by atoms with Crippen LogP contribution in [0.15, 0.2) is 41.5 Å². The van der Waals surface area contributed by atoms with Crippen LogP contribution in [-0.2, 0) is 10.2 Å². The molecule has 2 aliphatic rings. The van der Waals surface area contributed by atoms with Crippen molar-refractivity contribution in [3.05, 3.63) is 58.4 Å². The van der Waals surface area contributed by atoms with E-state index in [1.165, 1.54) is 25.2 Å². The number of hydrogen-bond donors (Lipinski definition) is 2.